The molecule has 86 valence electrons. The van der Waals surface area contributed by atoms with Crippen molar-refractivity contribution < 1.29 is 5.11 Å². The Hall–Kier alpha value is -1.60. The zero-order chi connectivity index (χ0) is 12.2. The van der Waals surface area contributed by atoms with Gasteiger partial charge >= 0.3 is 0 Å². The number of anilines is 1. The molecule has 0 aliphatic heterocycles. The van der Waals surface area contributed by atoms with Gasteiger partial charge in [0.2, 0.25) is 0 Å². The highest BCUT2D eigenvalue weighted by molar-refractivity contribution is 5.41. The van der Waals surface area contributed by atoms with Crippen LogP contribution in [0.1, 0.15) is 26.5 Å². The van der Waals surface area contributed by atoms with Crippen molar-refractivity contribution in [2.75, 3.05) is 18.0 Å². The Bertz CT molecular complexity index is 390. The lowest BCUT2D eigenvalue weighted by atomic mass is 10.1. The zero-order valence-corrected chi connectivity index (χ0v) is 9.94. The maximum absolute atomic E-state index is 9.77. The van der Waals surface area contributed by atoms with Crippen molar-refractivity contribution in [1.82, 2.24) is 4.98 Å². The van der Waals surface area contributed by atoms with Crippen LogP contribution in [0.15, 0.2) is 18.2 Å². The topological polar surface area (TPSA) is 60.1 Å². The van der Waals surface area contributed by atoms with E-state index in [4.69, 9.17) is 5.26 Å². The van der Waals surface area contributed by atoms with Gasteiger partial charge in [0, 0.05) is 13.1 Å². The summed E-state index contributed by atoms with van der Waals surface area (Å²) in [7, 11) is 0. The molecule has 0 spiro atoms. The van der Waals surface area contributed by atoms with Gasteiger partial charge in [-0.1, -0.05) is 6.07 Å². The first kappa shape index (κ1) is 12.5. The SMILES string of the molecule is CCN(CC(C)(C)O)c1cccc(C#N)n1. The van der Waals surface area contributed by atoms with E-state index in [1.807, 2.05) is 24.0 Å². The lowest BCUT2D eigenvalue weighted by molar-refractivity contribution is 0.0874. The van der Waals surface area contributed by atoms with Crippen molar-refractivity contribution in [3.8, 4) is 6.07 Å². The van der Waals surface area contributed by atoms with E-state index in [9.17, 15) is 5.11 Å². The van der Waals surface area contributed by atoms with E-state index in [1.165, 1.54) is 0 Å². The summed E-state index contributed by atoms with van der Waals surface area (Å²) in [6, 6.07) is 7.32. The van der Waals surface area contributed by atoms with E-state index in [1.54, 1.807) is 26.0 Å². The third kappa shape index (κ3) is 3.52. The molecular weight excluding hydrogens is 202 g/mol. The highest BCUT2D eigenvalue weighted by atomic mass is 16.3. The predicted octanol–water partition coefficient (Wildman–Crippen LogP) is 1.55. The van der Waals surface area contributed by atoms with Crippen molar-refractivity contribution >= 4 is 5.82 Å². The Morgan fingerprint density at radius 2 is 2.19 bits per heavy atom. The molecule has 0 radical (unpaired) electrons. The first-order valence-corrected chi connectivity index (χ1v) is 5.31. The maximum Gasteiger partial charge on any atom is 0.142 e. The fourth-order valence-electron chi connectivity index (χ4n) is 1.48. The third-order valence-corrected chi connectivity index (χ3v) is 2.13. The Morgan fingerprint density at radius 1 is 1.50 bits per heavy atom. The molecule has 1 rings (SSSR count). The van der Waals surface area contributed by atoms with E-state index in [0.29, 0.717) is 12.2 Å². The van der Waals surface area contributed by atoms with Crippen LogP contribution >= 0.6 is 0 Å². The molecule has 0 unspecified atom stereocenters. The number of nitriles is 1. The van der Waals surface area contributed by atoms with Crippen LogP contribution in [0, 0.1) is 11.3 Å². The van der Waals surface area contributed by atoms with Gasteiger partial charge in [-0.15, -0.1) is 0 Å². The van der Waals surface area contributed by atoms with Gasteiger partial charge in [-0.3, -0.25) is 0 Å². The largest absolute Gasteiger partial charge is 0.389 e. The number of aliphatic hydroxyl groups is 1. The van der Waals surface area contributed by atoms with E-state index in [0.717, 1.165) is 12.4 Å². The van der Waals surface area contributed by atoms with Crippen molar-refractivity contribution in [2.24, 2.45) is 0 Å². The molecule has 0 saturated carbocycles. The monoisotopic (exact) mass is 219 g/mol. The number of nitrogens with zero attached hydrogens (tertiary/aromatic N) is 3. The summed E-state index contributed by atoms with van der Waals surface area (Å²) >= 11 is 0. The molecule has 0 bridgehead atoms. The van der Waals surface area contributed by atoms with Crippen molar-refractivity contribution in [1.29, 1.82) is 5.26 Å². The van der Waals surface area contributed by atoms with Gasteiger partial charge in [0.1, 0.15) is 17.6 Å². The van der Waals surface area contributed by atoms with Crippen LogP contribution in [-0.2, 0) is 0 Å². The predicted molar refractivity (Wildman–Crippen MR) is 63.1 cm³/mol. The quantitative estimate of drug-likeness (QED) is 0.834. The smallest absolute Gasteiger partial charge is 0.142 e. The first-order chi connectivity index (χ1) is 7.46. The van der Waals surface area contributed by atoms with Crippen LogP contribution in [-0.4, -0.2) is 28.8 Å². The molecule has 0 aliphatic rings. The van der Waals surface area contributed by atoms with Crippen LogP contribution in [0.4, 0.5) is 5.82 Å². The van der Waals surface area contributed by atoms with E-state index in [-0.39, 0.29) is 0 Å². The lowest BCUT2D eigenvalue weighted by Gasteiger charge is -2.28. The number of pyridine rings is 1. The van der Waals surface area contributed by atoms with Crippen LogP contribution in [0.25, 0.3) is 0 Å². The van der Waals surface area contributed by atoms with Gasteiger partial charge in [-0.05, 0) is 32.9 Å². The minimum absolute atomic E-state index is 0.395. The van der Waals surface area contributed by atoms with Crippen LogP contribution in [0.5, 0.6) is 0 Å². The molecule has 1 N–H and O–H groups in total. The van der Waals surface area contributed by atoms with Gasteiger partial charge < -0.3 is 10.0 Å². The fraction of sp³-hybridized carbons (Fsp3) is 0.500. The third-order valence-electron chi connectivity index (χ3n) is 2.13. The molecule has 1 aromatic rings. The highest BCUT2D eigenvalue weighted by Gasteiger charge is 2.18. The molecule has 1 aromatic heterocycles. The molecule has 0 amide bonds. The number of likely N-dealkylation sites (N-methyl/N-ethyl adjacent to an activating group) is 1. The summed E-state index contributed by atoms with van der Waals surface area (Å²) in [6.45, 7) is 6.73. The minimum atomic E-state index is -0.777. The fourth-order valence-corrected chi connectivity index (χ4v) is 1.48. The summed E-state index contributed by atoms with van der Waals surface area (Å²) in [6.07, 6.45) is 0. The summed E-state index contributed by atoms with van der Waals surface area (Å²) < 4.78 is 0. The van der Waals surface area contributed by atoms with E-state index in [2.05, 4.69) is 4.98 Å². The van der Waals surface area contributed by atoms with Crippen LogP contribution < -0.4 is 4.90 Å². The molecule has 0 saturated heterocycles. The van der Waals surface area contributed by atoms with Gasteiger partial charge in [-0.2, -0.15) is 5.26 Å². The lowest BCUT2D eigenvalue weighted by Crippen LogP contribution is -2.39. The van der Waals surface area contributed by atoms with Crippen molar-refractivity contribution in [3.63, 3.8) is 0 Å². The normalized spacial score (nSPS) is 10.9. The Balaban J connectivity index is 2.91. The summed E-state index contributed by atoms with van der Waals surface area (Å²) in [5, 5.41) is 18.5. The van der Waals surface area contributed by atoms with Gasteiger partial charge in [0.15, 0.2) is 0 Å². The van der Waals surface area contributed by atoms with Gasteiger partial charge in [-0.25, -0.2) is 4.98 Å². The molecule has 4 nitrogen and oxygen atoms in total. The Labute approximate surface area is 96.2 Å². The second kappa shape index (κ2) is 4.95. The second-order valence-corrected chi connectivity index (χ2v) is 4.32. The van der Waals surface area contributed by atoms with Crippen molar-refractivity contribution in [2.45, 2.75) is 26.4 Å². The maximum atomic E-state index is 9.77. The van der Waals surface area contributed by atoms with E-state index < -0.39 is 5.60 Å². The molecule has 4 heteroatoms. The highest BCUT2D eigenvalue weighted by Crippen LogP contribution is 2.14. The molecule has 0 aromatic carbocycles. The summed E-state index contributed by atoms with van der Waals surface area (Å²) in [4.78, 5) is 6.15. The van der Waals surface area contributed by atoms with E-state index >= 15 is 0 Å². The molecule has 16 heavy (non-hydrogen) atoms. The molecule has 1 heterocycles. The second-order valence-electron chi connectivity index (χ2n) is 4.32. The Kier molecular flexibility index (Phi) is 3.86. The Morgan fingerprint density at radius 3 is 2.69 bits per heavy atom. The standard InChI is InChI=1S/C12H17N3O/c1-4-15(9-12(2,3)16)11-7-5-6-10(8-13)14-11/h5-7,16H,4,9H2,1-3H3. The molecular formula is C12H17N3O. The molecule has 0 atom stereocenters. The number of hydrogen-bond donors (Lipinski definition) is 1. The first-order valence-electron chi connectivity index (χ1n) is 5.31. The average molecular weight is 219 g/mol. The average Bonchev–Trinajstić information content (AvgIpc) is 2.25. The van der Waals surface area contributed by atoms with Gasteiger partial charge in [0.25, 0.3) is 0 Å². The van der Waals surface area contributed by atoms with Crippen LogP contribution in [0.2, 0.25) is 0 Å². The van der Waals surface area contributed by atoms with Crippen molar-refractivity contribution in [3.05, 3.63) is 23.9 Å². The molecule has 0 aliphatic carbocycles. The van der Waals surface area contributed by atoms with Gasteiger partial charge in [0.05, 0.1) is 5.60 Å². The number of rotatable bonds is 4. The molecule has 0 fully saturated rings. The minimum Gasteiger partial charge on any atom is -0.389 e. The summed E-state index contributed by atoms with van der Waals surface area (Å²) in [5.74, 6) is 0.726. The van der Waals surface area contributed by atoms with Crippen LogP contribution in [0.3, 0.4) is 0 Å². The number of aromatic nitrogens is 1. The number of hydrogen-bond acceptors (Lipinski definition) is 4. The zero-order valence-electron chi connectivity index (χ0n) is 9.94. The summed E-state index contributed by atoms with van der Waals surface area (Å²) in [5.41, 5.74) is -0.382.